The highest BCUT2D eigenvalue weighted by Crippen LogP contribution is 2.32. The Labute approximate surface area is 135 Å². The normalized spacial score (nSPS) is 12.4. The Balaban J connectivity index is 2.54. The molecule has 23 heavy (non-hydrogen) atoms. The summed E-state index contributed by atoms with van der Waals surface area (Å²) < 4.78 is 25.8. The van der Waals surface area contributed by atoms with Gasteiger partial charge in [-0.15, -0.1) is 0 Å². The average Bonchev–Trinajstić information content (AvgIpc) is 2.53. The molecule has 6 heteroatoms. The van der Waals surface area contributed by atoms with E-state index in [9.17, 15) is 18.5 Å². The van der Waals surface area contributed by atoms with Gasteiger partial charge in [0.05, 0.1) is 9.82 Å². The fourth-order valence-corrected chi connectivity index (χ4v) is 4.01. The molecule has 2 aromatic rings. The SMILES string of the molecule is CC(C)=CC(c1ccc([N+](=O)[O-])cc1)S(=O)(=O)c1ccccc1. The zero-order chi connectivity index (χ0) is 17.0. The van der Waals surface area contributed by atoms with E-state index in [1.807, 2.05) is 13.8 Å². The number of sulfone groups is 1. The second-order valence-corrected chi connectivity index (χ2v) is 7.44. The summed E-state index contributed by atoms with van der Waals surface area (Å²) in [4.78, 5) is 10.5. The first kappa shape index (κ1) is 16.9. The van der Waals surface area contributed by atoms with Crippen LogP contribution in [0, 0.1) is 10.1 Å². The highest BCUT2D eigenvalue weighted by Gasteiger charge is 2.27. The van der Waals surface area contributed by atoms with Crippen molar-refractivity contribution in [3.63, 3.8) is 0 Å². The fourth-order valence-electron chi connectivity index (χ4n) is 2.21. The van der Waals surface area contributed by atoms with Crippen LogP contribution in [0.4, 0.5) is 5.69 Å². The number of hydrogen-bond acceptors (Lipinski definition) is 4. The Hall–Kier alpha value is -2.47. The van der Waals surface area contributed by atoms with Crippen molar-refractivity contribution in [2.24, 2.45) is 0 Å². The molecule has 0 fully saturated rings. The molecule has 0 saturated heterocycles. The van der Waals surface area contributed by atoms with Crippen LogP contribution in [-0.4, -0.2) is 13.3 Å². The number of nitro groups is 1. The van der Waals surface area contributed by atoms with Gasteiger partial charge in [0.1, 0.15) is 5.25 Å². The van der Waals surface area contributed by atoms with Crippen molar-refractivity contribution in [3.05, 3.63) is 81.9 Å². The first-order chi connectivity index (χ1) is 10.8. The van der Waals surface area contributed by atoms with Gasteiger partial charge in [0.2, 0.25) is 0 Å². The van der Waals surface area contributed by atoms with Gasteiger partial charge in [-0.3, -0.25) is 10.1 Å². The quantitative estimate of drug-likeness (QED) is 0.470. The Kier molecular flexibility index (Phi) is 4.95. The maximum Gasteiger partial charge on any atom is 0.269 e. The summed E-state index contributed by atoms with van der Waals surface area (Å²) in [6.45, 7) is 3.64. The number of allylic oxidation sites excluding steroid dienone is 1. The fraction of sp³-hybridized carbons (Fsp3) is 0.176. The summed E-state index contributed by atoms with van der Waals surface area (Å²) in [6.07, 6.45) is 1.66. The summed E-state index contributed by atoms with van der Waals surface area (Å²) in [7, 11) is -3.63. The van der Waals surface area contributed by atoms with Crippen molar-refractivity contribution in [2.45, 2.75) is 24.0 Å². The van der Waals surface area contributed by atoms with E-state index in [-0.39, 0.29) is 10.6 Å². The Morgan fingerprint density at radius 2 is 1.61 bits per heavy atom. The summed E-state index contributed by atoms with van der Waals surface area (Å²) >= 11 is 0. The molecule has 0 aliphatic carbocycles. The lowest BCUT2D eigenvalue weighted by Gasteiger charge is -2.15. The molecule has 0 spiro atoms. The lowest BCUT2D eigenvalue weighted by molar-refractivity contribution is -0.384. The maximum atomic E-state index is 12.9. The van der Waals surface area contributed by atoms with Gasteiger partial charge in [-0.1, -0.05) is 42.0 Å². The largest absolute Gasteiger partial charge is 0.269 e. The molecule has 1 unspecified atom stereocenters. The molecule has 0 aliphatic rings. The topological polar surface area (TPSA) is 77.3 Å². The average molecular weight is 331 g/mol. The maximum absolute atomic E-state index is 12.9. The molecule has 5 nitrogen and oxygen atoms in total. The molecule has 120 valence electrons. The monoisotopic (exact) mass is 331 g/mol. The summed E-state index contributed by atoms with van der Waals surface area (Å²) in [6, 6.07) is 13.8. The van der Waals surface area contributed by atoms with Crippen molar-refractivity contribution < 1.29 is 13.3 Å². The van der Waals surface area contributed by atoms with Gasteiger partial charge < -0.3 is 0 Å². The van der Waals surface area contributed by atoms with Crippen LogP contribution < -0.4 is 0 Å². The molecular formula is C17H17NO4S. The molecule has 0 aromatic heterocycles. The van der Waals surface area contributed by atoms with Crippen LogP contribution in [0.1, 0.15) is 24.7 Å². The van der Waals surface area contributed by atoms with Crippen LogP contribution in [0.15, 0.2) is 71.1 Å². The second kappa shape index (κ2) is 6.75. The molecule has 2 rings (SSSR count). The highest BCUT2D eigenvalue weighted by atomic mass is 32.2. The Morgan fingerprint density at radius 3 is 2.09 bits per heavy atom. The zero-order valence-electron chi connectivity index (χ0n) is 12.8. The minimum Gasteiger partial charge on any atom is -0.258 e. The number of nitro benzene ring substituents is 1. The molecule has 0 saturated carbocycles. The predicted molar refractivity (Wildman–Crippen MR) is 88.9 cm³/mol. The zero-order valence-corrected chi connectivity index (χ0v) is 13.7. The first-order valence-electron chi connectivity index (χ1n) is 7.00. The van der Waals surface area contributed by atoms with E-state index in [4.69, 9.17) is 0 Å². The number of benzene rings is 2. The number of rotatable bonds is 5. The molecule has 0 bridgehead atoms. The van der Waals surface area contributed by atoms with Crippen molar-refractivity contribution in [1.29, 1.82) is 0 Å². The third-order valence-electron chi connectivity index (χ3n) is 3.32. The summed E-state index contributed by atoms with van der Waals surface area (Å²) in [5.74, 6) is 0. The van der Waals surface area contributed by atoms with E-state index in [0.29, 0.717) is 5.56 Å². The standard InChI is InChI=1S/C17H17NO4S/c1-13(2)12-17(14-8-10-15(11-9-14)18(19)20)23(21,22)16-6-4-3-5-7-16/h3-12,17H,1-2H3. The van der Waals surface area contributed by atoms with E-state index in [0.717, 1.165) is 5.57 Å². The van der Waals surface area contributed by atoms with Crippen LogP contribution >= 0.6 is 0 Å². The molecule has 0 amide bonds. The van der Waals surface area contributed by atoms with Gasteiger partial charge in [0.25, 0.3) is 5.69 Å². The molecule has 0 N–H and O–H groups in total. The third kappa shape index (κ3) is 3.84. The van der Waals surface area contributed by atoms with Gasteiger partial charge in [0, 0.05) is 12.1 Å². The Bertz CT molecular complexity index is 821. The van der Waals surface area contributed by atoms with Crippen LogP contribution in [-0.2, 0) is 9.84 Å². The van der Waals surface area contributed by atoms with Gasteiger partial charge in [0.15, 0.2) is 9.84 Å². The van der Waals surface area contributed by atoms with Crippen LogP contribution in [0.25, 0.3) is 0 Å². The van der Waals surface area contributed by atoms with Crippen molar-refractivity contribution in [3.8, 4) is 0 Å². The second-order valence-electron chi connectivity index (χ2n) is 5.37. The number of non-ortho nitro benzene ring substituents is 1. The van der Waals surface area contributed by atoms with E-state index in [1.165, 1.54) is 24.3 Å². The van der Waals surface area contributed by atoms with E-state index >= 15 is 0 Å². The van der Waals surface area contributed by atoms with Gasteiger partial charge in [-0.25, -0.2) is 8.42 Å². The van der Waals surface area contributed by atoms with E-state index in [2.05, 4.69) is 0 Å². The van der Waals surface area contributed by atoms with E-state index < -0.39 is 20.0 Å². The molecule has 0 heterocycles. The minimum atomic E-state index is -3.63. The first-order valence-corrected chi connectivity index (χ1v) is 8.55. The van der Waals surface area contributed by atoms with E-state index in [1.54, 1.807) is 36.4 Å². The lowest BCUT2D eigenvalue weighted by Crippen LogP contribution is -2.12. The van der Waals surface area contributed by atoms with Crippen LogP contribution in [0.2, 0.25) is 0 Å². The minimum absolute atomic E-state index is 0.0678. The molecule has 2 aromatic carbocycles. The van der Waals surface area contributed by atoms with Gasteiger partial charge in [-0.05, 0) is 31.5 Å². The smallest absolute Gasteiger partial charge is 0.258 e. The van der Waals surface area contributed by atoms with Crippen LogP contribution in [0.3, 0.4) is 0 Å². The van der Waals surface area contributed by atoms with Crippen molar-refractivity contribution >= 4 is 15.5 Å². The third-order valence-corrected chi connectivity index (χ3v) is 5.33. The highest BCUT2D eigenvalue weighted by molar-refractivity contribution is 7.91. The summed E-state index contributed by atoms with van der Waals surface area (Å²) in [5, 5.41) is 9.87. The Morgan fingerprint density at radius 1 is 1.04 bits per heavy atom. The van der Waals surface area contributed by atoms with Crippen molar-refractivity contribution in [1.82, 2.24) is 0 Å². The van der Waals surface area contributed by atoms with Gasteiger partial charge >= 0.3 is 0 Å². The predicted octanol–water partition coefficient (Wildman–Crippen LogP) is 4.08. The molecule has 1 atom stereocenters. The molecule has 0 aliphatic heterocycles. The van der Waals surface area contributed by atoms with Gasteiger partial charge in [-0.2, -0.15) is 0 Å². The molecular weight excluding hydrogens is 314 g/mol. The van der Waals surface area contributed by atoms with Crippen LogP contribution in [0.5, 0.6) is 0 Å². The number of hydrogen-bond donors (Lipinski definition) is 0. The lowest BCUT2D eigenvalue weighted by atomic mass is 10.1. The number of nitrogens with zero attached hydrogens (tertiary/aromatic N) is 1. The molecule has 0 radical (unpaired) electrons. The summed E-state index contributed by atoms with van der Waals surface area (Å²) in [5.41, 5.74) is 1.29. The van der Waals surface area contributed by atoms with Crippen molar-refractivity contribution in [2.75, 3.05) is 0 Å².